The molecule has 2 aliphatic heterocycles. The molecule has 4 heterocycles. The number of nitrogens with zero attached hydrogens (tertiary/aromatic N) is 5. The van der Waals surface area contributed by atoms with Crippen LogP contribution in [0.5, 0.6) is 5.88 Å². The van der Waals surface area contributed by atoms with E-state index in [2.05, 4.69) is 19.9 Å². The molecule has 27 heavy (non-hydrogen) atoms. The van der Waals surface area contributed by atoms with E-state index in [-0.39, 0.29) is 11.3 Å². The molecule has 0 radical (unpaired) electrons. The molecule has 1 atom stereocenters. The maximum absolute atomic E-state index is 12.5. The molecular formula is C20H25N5O2. The van der Waals surface area contributed by atoms with Crippen molar-refractivity contribution in [1.29, 1.82) is 0 Å². The van der Waals surface area contributed by atoms with Gasteiger partial charge in [-0.1, -0.05) is 0 Å². The van der Waals surface area contributed by atoms with E-state index in [4.69, 9.17) is 4.74 Å². The molecule has 2 aromatic heterocycles. The Balaban J connectivity index is 1.50. The van der Waals surface area contributed by atoms with Gasteiger partial charge in [0.05, 0.1) is 7.11 Å². The zero-order chi connectivity index (χ0) is 18.7. The normalized spacial score (nSPS) is 22.9. The highest BCUT2D eigenvalue weighted by Gasteiger charge is 2.42. The van der Waals surface area contributed by atoms with Crippen molar-refractivity contribution in [2.75, 3.05) is 31.6 Å². The second kappa shape index (κ2) is 7.50. The molecule has 2 aliphatic rings. The molecule has 0 aliphatic carbocycles. The van der Waals surface area contributed by atoms with Crippen LogP contribution in [0.15, 0.2) is 36.9 Å². The van der Waals surface area contributed by atoms with E-state index in [1.54, 1.807) is 25.8 Å². The number of aromatic nitrogens is 3. The first-order chi connectivity index (χ1) is 13.2. The zero-order valence-electron chi connectivity index (χ0n) is 15.7. The summed E-state index contributed by atoms with van der Waals surface area (Å²) in [6.45, 7) is 3.34. The molecule has 142 valence electrons. The van der Waals surface area contributed by atoms with E-state index >= 15 is 0 Å². The fourth-order valence-electron chi connectivity index (χ4n) is 4.31. The Bertz CT molecular complexity index is 800. The average Bonchev–Trinajstić information content (AvgIpc) is 2.72. The van der Waals surface area contributed by atoms with Crippen LogP contribution in [0.25, 0.3) is 0 Å². The molecular weight excluding hydrogens is 342 g/mol. The second-order valence-electron chi connectivity index (χ2n) is 7.55. The average molecular weight is 367 g/mol. The topological polar surface area (TPSA) is 71.5 Å². The highest BCUT2D eigenvalue weighted by molar-refractivity contribution is 5.77. The quantitative estimate of drug-likeness (QED) is 0.826. The lowest BCUT2D eigenvalue weighted by Gasteiger charge is -2.48. The number of hydrogen-bond donors (Lipinski definition) is 0. The van der Waals surface area contributed by atoms with Gasteiger partial charge < -0.3 is 14.5 Å². The van der Waals surface area contributed by atoms with Crippen LogP contribution in [0.2, 0.25) is 0 Å². The van der Waals surface area contributed by atoms with Crippen LogP contribution >= 0.6 is 0 Å². The van der Waals surface area contributed by atoms with Gasteiger partial charge in [-0.15, -0.1) is 0 Å². The molecule has 7 heteroatoms. The molecule has 0 unspecified atom stereocenters. The Hall–Kier alpha value is -2.70. The maximum atomic E-state index is 12.5. The van der Waals surface area contributed by atoms with Crippen LogP contribution in [-0.2, 0) is 11.3 Å². The number of piperidine rings is 2. The van der Waals surface area contributed by atoms with Gasteiger partial charge >= 0.3 is 0 Å². The number of pyridine rings is 1. The van der Waals surface area contributed by atoms with E-state index in [1.807, 2.05) is 23.1 Å². The van der Waals surface area contributed by atoms with Gasteiger partial charge in [0.1, 0.15) is 12.1 Å². The predicted octanol–water partition coefficient (Wildman–Crippen LogP) is 2.29. The molecule has 0 N–H and O–H groups in total. The Morgan fingerprint density at radius 1 is 1.19 bits per heavy atom. The monoisotopic (exact) mass is 367 g/mol. The molecule has 2 saturated heterocycles. The number of anilines is 1. The first-order valence-electron chi connectivity index (χ1n) is 9.45. The van der Waals surface area contributed by atoms with E-state index in [0.717, 1.165) is 50.3 Å². The Morgan fingerprint density at radius 2 is 2.04 bits per heavy atom. The minimum Gasteiger partial charge on any atom is -0.481 e. The zero-order valence-corrected chi connectivity index (χ0v) is 15.7. The summed E-state index contributed by atoms with van der Waals surface area (Å²) in [5.74, 6) is 1.73. The van der Waals surface area contributed by atoms with Crippen molar-refractivity contribution in [3.63, 3.8) is 0 Å². The standard InChI is InChI=1S/C20H25N5O2/c1-27-18-11-17(22-15-23-18)24-10-2-6-20(13-24)7-3-19(26)25(14-20)12-16-4-8-21-9-5-16/h4-5,8-9,11,15H,2-3,6-7,10,12-14H2,1H3/t20-/m1/s1. The SMILES string of the molecule is COc1cc(N2CCC[C@@]3(CCC(=O)N(Cc4ccncc4)C3)C2)ncn1. The number of rotatable bonds is 4. The van der Waals surface area contributed by atoms with Crippen molar-refractivity contribution < 1.29 is 9.53 Å². The van der Waals surface area contributed by atoms with Crippen molar-refractivity contribution in [2.24, 2.45) is 5.41 Å². The summed E-state index contributed by atoms with van der Waals surface area (Å²) in [5.41, 5.74) is 1.25. The van der Waals surface area contributed by atoms with E-state index in [0.29, 0.717) is 18.8 Å². The second-order valence-corrected chi connectivity index (χ2v) is 7.55. The fourth-order valence-corrected chi connectivity index (χ4v) is 4.31. The van der Waals surface area contributed by atoms with Crippen molar-refractivity contribution in [3.8, 4) is 5.88 Å². The summed E-state index contributed by atoms with van der Waals surface area (Å²) in [6.07, 6.45) is 8.92. The van der Waals surface area contributed by atoms with Gasteiger partial charge in [0.2, 0.25) is 11.8 Å². The molecule has 0 aromatic carbocycles. The van der Waals surface area contributed by atoms with Gasteiger partial charge in [0.25, 0.3) is 0 Å². The number of ether oxygens (including phenoxy) is 1. The Morgan fingerprint density at radius 3 is 2.85 bits per heavy atom. The van der Waals surface area contributed by atoms with Gasteiger partial charge in [0, 0.05) is 56.5 Å². The largest absolute Gasteiger partial charge is 0.481 e. The first-order valence-corrected chi connectivity index (χ1v) is 9.45. The first kappa shape index (κ1) is 17.7. The van der Waals surface area contributed by atoms with Crippen molar-refractivity contribution in [1.82, 2.24) is 19.9 Å². The molecule has 1 amide bonds. The number of likely N-dealkylation sites (tertiary alicyclic amines) is 1. The third kappa shape index (κ3) is 3.86. The minimum atomic E-state index is 0.122. The van der Waals surface area contributed by atoms with Gasteiger partial charge in [-0.2, -0.15) is 0 Å². The third-order valence-electron chi connectivity index (χ3n) is 5.69. The van der Waals surface area contributed by atoms with Gasteiger partial charge in [-0.3, -0.25) is 9.78 Å². The smallest absolute Gasteiger partial charge is 0.222 e. The van der Waals surface area contributed by atoms with Crippen LogP contribution < -0.4 is 9.64 Å². The molecule has 2 aromatic rings. The lowest BCUT2D eigenvalue weighted by atomic mass is 9.73. The number of carbonyl (C=O) groups is 1. The number of amides is 1. The third-order valence-corrected chi connectivity index (χ3v) is 5.69. The number of methoxy groups -OCH3 is 1. The molecule has 4 rings (SSSR count). The summed E-state index contributed by atoms with van der Waals surface area (Å²) in [7, 11) is 1.62. The molecule has 7 nitrogen and oxygen atoms in total. The van der Waals surface area contributed by atoms with E-state index < -0.39 is 0 Å². The van der Waals surface area contributed by atoms with Crippen LogP contribution in [0, 0.1) is 5.41 Å². The maximum Gasteiger partial charge on any atom is 0.222 e. The molecule has 2 fully saturated rings. The lowest BCUT2D eigenvalue weighted by Crippen LogP contribution is -2.54. The summed E-state index contributed by atoms with van der Waals surface area (Å²) in [4.78, 5) is 29.5. The van der Waals surface area contributed by atoms with Crippen molar-refractivity contribution >= 4 is 11.7 Å². The molecule has 1 spiro atoms. The minimum absolute atomic E-state index is 0.122. The van der Waals surface area contributed by atoms with Crippen LogP contribution in [0.1, 0.15) is 31.2 Å². The molecule has 0 bridgehead atoms. The number of hydrogen-bond acceptors (Lipinski definition) is 6. The van der Waals surface area contributed by atoms with Crippen molar-refractivity contribution in [2.45, 2.75) is 32.2 Å². The summed E-state index contributed by atoms with van der Waals surface area (Å²) in [6, 6.07) is 5.85. The van der Waals surface area contributed by atoms with Crippen LogP contribution in [0.4, 0.5) is 5.82 Å². The highest BCUT2D eigenvalue weighted by atomic mass is 16.5. The lowest BCUT2D eigenvalue weighted by molar-refractivity contribution is -0.138. The van der Waals surface area contributed by atoms with Crippen LogP contribution in [-0.4, -0.2) is 52.5 Å². The summed E-state index contributed by atoms with van der Waals surface area (Å²) < 4.78 is 5.24. The summed E-state index contributed by atoms with van der Waals surface area (Å²) in [5, 5.41) is 0. The van der Waals surface area contributed by atoms with Gasteiger partial charge in [-0.25, -0.2) is 9.97 Å². The molecule has 0 saturated carbocycles. The van der Waals surface area contributed by atoms with E-state index in [9.17, 15) is 4.79 Å². The highest BCUT2D eigenvalue weighted by Crippen LogP contribution is 2.40. The Labute approximate surface area is 159 Å². The van der Waals surface area contributed by atoms with Crippen molar-refractivity contribution in [3.05, 3.63) is 42.5 Å². The van der Waals surface area contributed by atoms with E-state index in [1.165, 1.54) is 0 Å². The fraction of sp³-hybridized carbons (Fsp3) is 0.500. The summed E-state index contributed by atoms with van der Waals surface area (Å²) >= 11 is 0. The van der Waals surface area contributed by atoms with Gasteiger partial charge in [-0.05, 0) is 37.0 Å². The van der Waals surface area contributed by atoms with Gasteiger partial charge in [0.15, 0.2) is 0 Å². The predicted molar refractivity (Wildman–Crippen MR) is 101 cm³/mol. The van der Waals surface area contributed by atoms with Crippen LogP contribution in [0.3, 0.4) is 0 Å². The number of carbonyl (C=O) groups excluding carboxylic acids is 1. The Kier molecular flexibility index (Phi) is 4.92.